The van der Waals surface area contributed by atoms with E-state index in [2.05, 4.69) is 5.32 Å². The minimum atomic E-state index is -1.13. The van der Waals surface area contributed by atoms with Gasteiger partial charge in [-0.2, -0.15) is 0 Å². The average molecular weight is 391 g/mol. The summed E-state index contributed by atoms with van der Waals surface area (Å²) in [5.41, 5.74) is 1.25. The summed E-state index contributed by atoms with van der Waals surface area (Å²) in [5.74, 6) is -1.91. The molecule has 0 radical (unpaired) electrons. The Balaban J connectivity index is 1.57. The van der Waals surface area contributed by atoms with Crippen molar-refractivity contribution >= 4 is 39.3 Å². The van der Waals surface area contributed by atoms with Crippen LogP contribution in [-0.4, -0.2) is 18.0 Å². The zero-order valence-electron chi connectivity index (χ0n) is 15.9. The van der Waals surface area contributed by atoms with Crippen LogP contribution in [0.1, 0.15) is 23.0 Å². The molecule has 0 aliphatic carbocycles. The maximum Gasteiger partial charge on any atom is 0.375 e. The summed E-state index contributed by atoms with van der Waals surface area (Å²) >= 11 is 0. The smallest absolute Gasteiger partial charge is 0.375 e. The summed E-state index contributed by atoms with van der Waals surface area (Å²) < 4.78 is 24.8. The second-order valence-corrected chi connectivity index (χ2v) is 6.74. The molecule has 1 N–H and O–H groups in total. The maximum atomic E-state index is 13.7. The molecule has 6 heteroatoms. The van der Waals surface area contributed by atoms with E-state index in [1.165, 1.54) is 25.1 Å². The van der Waals surface area contributed by atoms with E-state index in [0.29, 0.717) is 11.1 Å². The number of aryl methyl sites for hydroxylation is 1. The summed E-state index contributed by atoms with van der Waals surface area (Å²) in [5, 5.41) is 5.09. The summed E-state index contributed by atoms with van der Waals surface area (Å²) in [6.07, 6.45) is -1.13. The van der Waals surface area contributed by atoms with Gasteiger partial charge in [0.15, 0.2) is 6.10 Å². The van der Waals surface area contributed by atoms with Crippen molar-refractivity contribution in [1.29, 1.82) is 0 Å². The van der Waals surface area contributed by atoms with Gasteiger partial charge in [0.25, 0.3) is 5.91 Å². The number of amides is 1. The zero-order chi connectivity index (χ0) is 20.5. The molecule has 0 aliphatic heterocycles. The molecule has 0 spiro atoms. The van der Waals surface area contributed by atoms with Crippen molar-refractivity contribution in [2.24, 2.45) is 0 Å². The molecule has 1 atom stereocenters. The first kappa shape index (κ1) is 18.7. The first-order chi connectivity index (χ1) is 14.0. The minimum Gasteiger partial charge on any atom is -0.448 e. The molecule has 0 aliphatic rings. The van der Waals surface area contributed by atoms with Crippen molar-refractivity contribution in [1.82, 2.24) is 0 Å². The average Bonchev–Trinajstić information content (AvgIpc) is 3.07. The highest BCUT2D eigenvalue weighted by Crippen LogP contribution is 2.32. The number of rotatable bonds is 4. The lowest BCUT2D eigenvalue weighted by Gasteiger charge is -2.13. The van der Waals surface area contributed by atoms with Crippen LogP contribution in [0, 0.1) is 12.7 Å². The molecule has 146 valence electrons. The second-order valence-electron chi connectivity index (χ2n) is 6.74. The standard InChI is InChI=1S/C23H18FNO4/c1-13-16-12-11-15-7-3-4-8-17(15)21(16)29-20(13)23(27)28-14(2)22(26)25-19-10-6-5-9-18(19)24/h3-12,14H,1-2H3,(H,25,26). The third kappa shape index (κ3) is 3.45. The fourth-order valence-corrected chi connectivity index (χ4v) is 3.21. The van der Waals surface area contributed by atoms with Crippen LogP contribution in [0.25, 0.3) is 21.7 Å². The van der Waals surface area contributed by atoms with Crippen molar-refractivity contribution < 1.29 is 23.1 Å². The first-order valence-electron chi connectivity index (χ1n) is 9.13. The monoisotopic (exact) mass is 391 g/mol. The number of furan rings is 1. The summed E-state index contributed by atoms with van der Waals surface area (Å²) in [4.78, 5) is 24.9. The van der Waals surface area contributed by atoms with Gasteiger partial charge in [0, 0.05) is 16.3 Å². The van der Waals surface area contributed by atoms with E-state index in [0.717, 1.165) is 16.2 Å². The van der Waals surface area contributed by atoms with Crippen LogP contribution in [0.2, 0.25) is 0 Å². The highest BCUT2D eigenvalue weighted by molar-refractivity contribution is 6.08. The minimum absolute atomic E-state index is 0.0202. The number of hydrogen-bond acceptors (Lipinski definition) is 4. The van der Waals surface area contributed by atoms with E-state index in [1.807, 2.05) is 36.4 Å². The third-order valence-corrected chi connectivity index (χ3v) is 4.80. The second kappa shape index (κ2) is 7.39. The Morgan fingerprint density at radius 2 is 1.72 bits per heavy atom. The highest BCUT2D eigenvalue weighted by atomic mass is 19.1. The van der Waals surface area contributed by atoms with Gasteiger partial charge >= 0.3 is 5.97 Å². The third-order valence-electron chi connectivity index (χ3n) is 4.80. The number of carbonyl (C=O) groups is 2. The predicted octanol–water partition coefficient (Wildman–Crippen LogP) is 5.22. The Kier molecular flexibility index (Phi) is 4.76. The van der Waals surface area contributed by atoms with Gasteiger partial charge < -0.3 is 14.5 Å². The molecular formula is C23H18FNO4. The lowest BCUT2D eigenvalue weighted by atomic mass is 10.1. The highest BCUT2D eigenvalue weighted by Gasteiger charge is 2.25. The molecule has 1 amide bonds. The van der Waals surface area contributed by atoms with Crippen LogP contribution in [0.3, 0.4) is 0 Å². The number of benzene rings is 3. The first-order valence-corrected chi connectivity index (χ1v) is 9.13. The fourth-order valence-electron chi connectivity index (χ4n) is 3.21. The van der Waals surface area contributed by atoms with Crippen LogP contribution in [0.15, 0.2) is 65.1 Å². The molecular weight excluding hydrogens is 373 g/mol. The Bertz CT molecular complexity index is 1240. The molecule has 1 heterocycles. The van der Waals surface area contributed by atoms with E-state index in [4.69, 9.17) is 9.15 Å². The zero-order valence-corrected chi connectivity index (χ0v) is 15.9. The van der Waals surface area contributed by atoms with Gasteiger partial charge in [-0.05, 0) is 31.4 Å². The van der Waals surface area contributed by atoms with Crippen molar-refractivity contribution in [3.63, 3.8) is 0 Å². The van der Waals surface area contributed by atoms with E-state index in [-0.39, 0.29) is 11.4 Å². The fraction of sp³-hybridized carbons (Fsp3) is 0.130. The van der Waals surface area contributed by atoms with Gasteiger partial charge in [-0.3, -0.25) is 4.79 Å². The summed E-state index contributed by atoms with van der Waals surface area (Å²) in [7, 11) is 0. The summed E-state index contributed by atoms with van der Waals surface area (Å²) in [6, 6.07) is 17.3. The number of anilines is 1. The van der Waals surface area contributed by atoms with Gasteiger partial charge in [-0.15, -0.1) is 0 Å². The van der Waals surface area contributed by atoms with Crippen LogP contribution < -0.4 is 5.32 Å². The van der Waals surface area contributed by atoms with E-state index in [9.17, 15) is 14.0 Å². The van der Waals surface area contributed by atoms with E-state index in [1.54, 1.807) is 13.0 Å². The predicted molar refractivity (Wildman–Crippen MR) is 108 cm³/mol. The number of fused-ring (bicyclic) bond motifs is 3. The van der Waals surface area contributed by atoms with E-state index >= 15 is 0 Å². The molecule has 0 saturated carbocycles. The van der Waals surface area contributed by atoms with Gasteiger partial charge in [0.1, 0.15) is 11.4 Å². The number of hydrogen-bond donors (Lipinski definition) is 1. The number of nitrogens with one attached hydrogen (secondary N) is 1. The lowest BCUT2D eigenvalue weighted by Crippen LogP contribution is -2.30. The molecule has 0 fully saturated rings. The van der Waals surface area contributed by atoms with Crippen LogP contribution in [0.5, 0.6) is 0 Å². The van der Waals surface area contributed by atoms with Crippen LogP contribution >= 0.6 is 0 Å². The Morgan fingerprint density at radius 3 is 2.52 bits per heavy atom. The van der Waals surface area contributed by atoms with Crippen LogP contribution in [-0.2, 0) is 9.53 Å². The number of carbonyl (C=O) groups excluding carboxylic acids is 2. The van der Waals surface area contributed by atoms with Crippen molar-refractivity contribution in [3.05, 3.63) is 77.8 Å². The topological polar surface area (TPSA) is 68.5 Å². The largest absolute Gasteiger partial charge is 0.448 e. The number of para-hydroxylation sites is 1. The molecule has 5 nitrogen and oxygen atoms in total. The number of esters is 1. The molecule has 0 bridgehead atoms. The lowest BCUT2D eigenvalue weighted by molar-refractivity contribution is -0.123. The number of ether oxygens (including phenoxy) is 1. The van der Waals surface area contributed by atoms with Crippen molar-refractivity contribution in [3.8, 4) is 0 Å². The van der Waals surface area contributed by atoms with Gasteiger partial charge in [-0.1, -0.05) is 48.5 Å². The molecule has 0 saturated heterocycles. The maximum absolute atomic E-state index is 13.7. The normalized spacial score (nSPS) is 12.1. The van der Waals surface area contributed by atoms with Crippen molar-refractivity contribution in [2.45, 2.75) is 20.0 Å². The molecule has 1 unspecified atom stereocenters. The Labute approximate surface area is 166 Å². The van der Waals surface area contributed by atoms with E-state index < -0.39 is 23.8 Å². The summed E-state index contributed by atoms with van der Waals surface area (Å²) in [6.45, 7) is 3.18. The molecule has 1 aromatic heterocycles. The number of halogens is 1. The van der Waals surface area contributed by atoms with Crippen molar-refractivity contribution in [2.75, 3.05) is 5.32 Å². The quantitative estimate of drug-likeness (QED) is 0.485. The van der Waals surface area contributed by atoms with Gasteiger partial charge in [0.2, 0.25) is 5.76 Å². The Hall–Kier alpha value is -3.67. The molecule has 4 aromatic rings. The van der Waals surface area contributed by atoms with Crippen LogP contribution in [0.4, 0.5) is 10.1 Å². The van der Waals surface area contributed by atoms with Gasteiger partial charge in [0.05, 0.1) is 5.69 Å². The molecule has 4 rings (SSSR count). The SMILES string of the molecule is Cc1c(C(=O)OC(C)C(=O)Nc2ccccc2F)oc2c1ccc1ccccc12. The van der Waals surface area contributed by atoms with Gasteiger partial charge in [-0.25, -0.2) is 9.18 Å². The molecule has 29 heavy (non-hydrogen) atoms. The molecule has 3 aromatic carbocycles. The Morgan fingerprint density at radius 1 is 1.00 bits per heavy atom.